The first-order chi connectivity index (χ1) is 13.8. The Hall–Kier alpha value is -2.84. The van der Waals surface area contributed by atoms with Gasteiger partial charge in [-0.05, 0) is 31.7 Å². The van der Waals surface area contributed by atoms with Gasteiger partial charge in [0.15, 0.2) is 11.6 Å². The molecule has 0 spiro atoms. The molecule has 154 valence electrons. The first-order valence-corrected chi connectivity index (χ1v) is 9.80. The minimum atomic E-state index is -0.654. The van der Waals surface area contributed by atoms with Crippen molar-refractivity contribution in [2.45, 2.75) is 45.1 Å². The van der Waals surface area contributed by atoms with Crippen LogP contribution in [0.4, 0.5) is 4.39 Å². The van der Waals surface area contributed by atoms with Gasteiger partial charge in [0.05, 0.1) is 17.2 Å². The van der Waals surface area contributed by atoms with E-state index >= 15 is 0 Å². The van der Waals surface area contributed by atoms with E-state index in [1.165, 1.54) is 12.3 Å². The summed E-state index contributed by atoms with van der Waals surface area (Å²) in [4.78, 5) is 35.1. The van der Waals surface area contributed by atoms with E-state index in [0.29, 0.717) is 37.6 Å². The highest BCUT2D eigenvalue weighted by Crippen LogP contribution is 2.50. The van der Waals surface area contributed by atoms with Crippen molar-refractivity contribution in [3.8, 4) is 0 Å². The van der Waals surface area contributed by atoms with E-state index in [2.05, 4.69) is 20.4 Å². The van der Waals surface area contributed by atoms with E-state index in [4.69, 9.17) is 4.52 Å². The fraction of sp³-hybridized carbons (Fsp3) is 0.550. The van der Waals surface area contributed by atoms with Gasteiger partial charge in [-0.25, -0.2) is 4.39 Å². The summed E-state index contributed by atoms with van der Waals surface area (Å²) in [7, 11) is 0. The topological polar surface area (TPSA) is 101 Å². The van der Waals surface area contributed by atoms with Crippen molar-refractivity contribution in [3.63, 3.8) is 0 Å². The second-order valence-corrected chi connectivity index (χ2v) is 8.34. The number of nitrogens with one attached hydrogen (secondary N) is 1. The highest BCUT2D eigenvalue weighted by Gasteiger charge is 2.58. The van der Waals surface area contributed by atoms with Crippen molar-refractivity contribution in [1.82, 2.24) is 25.3 Å². The van der Waals surface area contributed by atoms with Gasteiger partial charge in [0, 0.05) is 31.2 Å². The third-order valence-electron chi connectivity index (χ3n) is 5.99. The Kier molecular flexibility index (Phi) is 4.84. The maximum atomic E-state index is 13.9. The number of likely N-dealkylation sites (tertiary alicyclic amines) is 1. The lowest BCUT2D eigenvalue weighted by Gasteiger charge is -2.26. The average molecular weight is 401 g/mol. The molecule has 3 heterocycles. The normalized spacial score (nSPS) is 26.0. The first kappa shape index (κ1) is 19.5. The van der Waals surface area contributed by atoms with Gasteiger partial charge >= 0.3 is 0 Å². The fourth-order valence-electron chi connectivity index (χ4n) is 4.67. The second kappa shape index (κ2) is 7.20. The Morgan fingerprint density at radius 1 is 1.41 bits per heavy atom. The number of hydrogen-bond donors (Lipinski definition) is 1. The molecule has 1 saturated carbocycles. The van der Waals surface area contributed by atoms with Gasteiger partial charge in [-0.2, -0.15) is 4.98 Å². The number of aromatic nitrogens is 3. The van der Waals surface area contributed by atoms with Crippen LogP contribution >= 0.6 is 0 Å². The minimum Gasteiger partial charge on any atom is -0.349 e. The van der Waals surface area contributed by atoms with E-state index < -0.39 is 17.1 Å². The minimum absolute atomic E-state index is 0.0312. The number of hydrogen-bond acceptors (Lipinski definition) is 6. The summed E-state index contributed by atoms with van der Waals surface area (Å²) in [5, 5.41) is 6.87. The van der Waals surface area contributed by atoms with Crippen LogP contribution in [0.2, 0.25) is 0 Å². The first-order valence-electron chi connectivity index (χ1n) is 9.80. The molecule has 8 nitrogen and oxygen atoms in total. The number of fused-ring (bicyclic) bond motifs is 1. The van der Waals surface area contributed by atoms with Crippen LogP contribution in [0.1, 0.15) is 48.8 Å². The zero-order valence-electron chi connectivity index (χ0n) is 16.7. The molecule has 29 heavy (non-hydrogen) atoms. The number of pyridine rings is 1. The van der Waals surface area contributed by atoms with E-state index in [1.807, 2.05) is 18.7 Å². The molecular weight excluding hydrogens is 377 g/mol. The zero-order chi connectivity index (χ0) is 20.8. The maximum absolute atomic E-state index is 13.9. The molecule has 0 bridgehead atoms. The number of amides is 2. The predicted molar refractivity (Wildman–Crippen MR) is 100 cm³/mol. The Balaban J connectivity index is 1.57. The van der Waals surface area contributed by atoms with Crippen molar-refractivity contribution in [3.05, 3.63) is 41.6 Å². The lowest BCUT2D eigenvalue weighted by Crippen LogP contribution is -2.40. The van der Waals surface area contributed by atoms with Crippen molar-refractivity contribution in [1.29, 1.82) is 0 Å². The van der Waals surface area contributed by atoms with Crippen LogP contribution in [-0.4, -0.2) is 51.0 Å². The average Bonchev–Trinajstić information content (AvgIpc) is 3.33. The van der Waals surface area contributed by atoms with Gasteiger partial charge in [0.1, 0.15) is 0 Å². The monoisotopic (exact) mass is 401 g/mol. The predicted octanol–water partition coefficient (Wildman–Crippen LogP) is 1.86. The summed E-state index contributed by atoms with van der Waals surface area (Å²) in [6.45, 7) is 6.57. The number of carbonyl (C=O) groups is 2. The molecule has 9 heteroatoms. The van der Waals surface area contributed by atoms with E-state index in [0.717, 1.165) is 6.20 Å². The number of nitrogens with zero attached hydrogens (tertiary/aromatic N) is 4. The molecule has 0 aromatic carbocycles. The molecule has 2 amide bonds. The number of aryl methyl sites for hydroxylation is 1. The molecule has 0 radical (unpaired) electrons. The van der Waals surface area contributed by atoms with E-state index in [-0.39, 0.29) is 29.3 Å². The molecule has 4 rings (SSSR count). The van der Waals surface area contributed by atoms with Crippen molar-refractivity contribution >= 4 is 11.8 Å². The fourth-order valence-corrected chi connectivity index (χ4v) is 4.67. The number of halogens is 1. The van der Waals surface area contributed by atoms with Crippen LogP contribution in [0.25, 0.3) is 0 Å². The van der Waals surface area contributed by atoms with E-state index in [1.54, 1.807) is 6.92 Å². The van der Waals surface area contributed by atoms with Gasteiger partial charge in [-0.1, -0.05) is 19.0 Å². The molecule has 3 atom stereocenters. The van der Waals surface area contributed by atoms with Crippen molar-refractivity contribution in [2.75, 3.05) is 13.1 Å². The largest absolute Gasteiger partial charge is 0.349 e. The molecule has 3 unspecified atom stereocenters. The van der Waals surface area contributed by atoms with Crippen molar-refractivity contribution < 1.29 is 18.5 Å². The summed E-state index contributed by atoms with van der Waals surface area (Å²) < 4.78 is 19.4. The summed E-state index contributed by atoms with van der Waals surface area (Å²) in [6.07, 6.45) is 3.62. The third-order valence-corrected chi connectivity index (χ3v) is 5.99. The molecule has 1 N–H and O–H groups in total. The van der Waals surface area contributed by atoms with Crippen LogP contribution < -0.4 is 5.32 Å². The van der Waals surface area contributed by atoms with Crippen LogP contribution in [0.5, 0.6) is 0 Å². The van der Waals surface area contributed by atoms with Gasteiger partial charge in [0.2, 0.25) is 11.8 Å². The Morgan fingerprint density at radius 2 is 2.21 bits per heavy atom. The Labute approximate surface area is 167 Å². The molecule has 2 fully saturated rings. The number of rotatable bonds is 4. The maximum Gasteiger partial charge on any atom is 0.254 e. The van der Waals surface area contributed by atoms with Crippen molar-refractivity contribution in [2.24, 2.45) is 11.8 Å². The quantitative estimate of drug-likeness (QED) is 0.839. The highest BCUT2D eigenvalue weighted by atomic mass is 19.1. The van der Waals surface area contributed by atoms with Crippen LogP contribution in [-0.2, 0) is 10.2 Å². The summed E-state index contributed by atoms with van der Waals surface area (Å²) >= 11 is 0. The smallest absolute Gasteiger partial charge is 0.254 e. The highest BCUT2D eigenvalue weighted by molar-refractivity contribution is 5.94. The lowest BCUT2D eigenvalue weighted by atomic mass is 9.80. The summed E-state index contributed by atoms with van der Waals surface area (Å²) in [5.74, 6) is -0.00691. The summed E-state index contributed by atoms with van der Waals surface area (Å²) in [5.41, 5.74) is -0.531. The summed E-state index contributed by atoms with van der Waals surface area (Å²) in [6, 6.07) is 1.18. The molecular formula is C20H24FN5O3. The van der Waals surface area contributed by atoms with Gasteiger partial charge in [-0.15, -0.1) is 0 Å². The molecule has 1 aliphatic carbocycles. The molecule has 2 aliphatic rings. The number of carbonyl (C=O) groups excluding carboxylic acids is 2. The van der Waals surface area contributed by atoms with Crippen LogP contribution in [0.3, 0.4) is 0 Å². The lowest BCUT2D eigenvalue weighted by molar-refractivity contribution is -0.133. The molecule has 2 aromatic rings. The SMILES string of the molecule is Cc1noc(C23CC(NC(=O)c4ccncc4F)CC2CN(C(=O)C(C)C)C3)n1. The molecule has 1 aliphatic heterocycles. The Bertz CT molecular complexity index is 946. The zero-order valence-corrected chi connectivity index (χ0v) is 16.7. The second-order valence-electron chi connectivity index (χ2n) is 8.34. The van der Waals surface area contributed by atoms with Crippen LogP contribution in [0.15, 0.2) is 23.0 Å². The Morgan fingerprint density at radius 3 is 2.86 bits per heavy atom. The molecule has 1 saturated heterocycles. The molecule has 2 aromatic heterocycles. The van der Waals surface area contributed by atoms with E-state index in [9.17, 15) is 14.0 Å². The third kappa shape index (κ3) is 3.38. The van der Waals surface area contributed by atoms with Gasteiger partial charge in [0.25, 0.3) is 5.91 Å². The van der Waals surface area contributed by atoms with Crippen LogP contribution in [0, 0.1) is 24.6 Å². The van der Waals surface area contributed by atoms with Gasteiger partial charge in [-0.3, -0.25) is 14.6 Å². The standard InChI is InChI=1S/C20H24FN5O3/c1-11(2)18(28)26-9-13-6-14(24-17(27)15-4-5-22-8-16(15)21)7-20(13,10-26)19-23-12(3)25-29-19/h4-5,8,11,13-14H,6-7,9-10H2,1-3H3,(H,24,27). The van der Waals surface area contributed by atoms with Gasteiger partial charge < -0.3 is 14.7 Å².